The summed E-state index contributed by atoms with van der Waals surface area (Å²) in [5, 5.41) is 0. The van der Waals surface area contributed by atoms with E-state index in [1.54, 1.807) is 0 Å². The summed E-state index contributed by atoms with van der Waals surface area (Å²) in [6.45, 7) is 0. The highest BCUT2D eigenvalue weighted by molar-refractivity contribution is 5.42. The lowest BCUT2D eigenvalue weighted by Crippen LogP contribution is -1.82. The van der Waals surface area contributed by atoms with Crippen LogP contribution in [0.5, 0.6) is 0 Å². The van der Waals surface area contributed by atoms with Crippen molar-refractivity contribution in [2.24, 2.45) is 5.73 Å². The van der Waals surface area contributed by atoms with Gasteiger partial charge in [-0.3, -0.25) is 4.79 Å². The largest absolute Gasteiger partial charge is 0.412 e. The van der Waals surface area contributed by atoms with Gasteiger partial charge in [-0.05, 0) is 0 Å². The SMILES string of the molecule is NC=O.O. The van der Waals surface area contributed by atoms with Gasteiger partial charge in [0.1, 0.15) is 0 Å². The number of rotatable bonds is 0. The summed E-state index contributed by atoms with van der Waals surface area (Å²) in [6.07, 6.45) is 0.250. The molecule has 0 aromatic carbocycles. The van der Waals surface area contributed by atoms with Gasteiger partial charge in [-0.15, -0.1) is 0 Å². The minimum absolute atomic E-state index is 0. The Labute approximate surface area is 23.7 Å². The molecule has 26 valence electrons. The molecule has 0 aliphatic heterocycles. The van der Waals surface area contributed by atoms with Crippen molar-refractivity contribution < 1.29 is 10.3 Å². The molecule has 1 amide bonds. The van der Waals surface area contributed by atoms with Crippen LogP contribution in [0.15, 0.2) is 0 Å². The Hall–Kier alpha value is -0.570. The molecule has 0 aromatic heterocycles. The lowest BCUT2D eigenvalue weighted by atomic mass is 11.5. The molecular formula is CH5NO2. The molecule has 4 heavy (non-hydrogen) atoms. The Balaban J connectivity index is 0. The van der Waals surface area contributed by atoms with Crippen molar-refractivity contribution in [1.29, 1.82) is 0 Å². The summed E-state index contributed by atoms with van der Waals surface area (Å²) in [6, 6.07) is 0. The Morgan fingerprint density at radius 1 is 1.75 bits per heavy atom. The zero-order valence-corrected chi connectivity index (χ0v) is 2.06. The van der Waals surface area contributed by atoms with Crippen molar-refractivity contribution in [2.75, 3.05) is 0 Å². The lowest BCUT2D eigenvalue weighted by molar-refractivity contribution is -0.106. The van der Waals surface area contributed by atoms with Gasteiger partial charge in [0.25, 0.3) is 0 Å². The van der Waals surface area contributed by atoms with Crippen LogP contribution >= 0.6 is 0 Å². The van der Waals surface area contributed by atoms with Crippen molar-refractivity contribution >= 4 is 6.41 Å². The molecule has 0 bridgehead atoms. The van der Waals surface area contributed by atoms with Crippen LogP contribution in [0.1, 0.15) is 0 Å². The van der Waals surface area contributed by atoms with Gasteiger partial charge < -0.3 is 11.2 Å². The summed E-state index contributed by atoms with van der Waals surface area (Å²) < 4.78 is 0. The van der Waals surface area contributed by atoms with Gasteiger partial charge in [-0.2, -0.15) is 0 Å². The Morgan fingerprint density at radius 2 is 1.75 bits per heavy atom. The van der Waals surface area contributed by atoms with E-state index in [-0.39, 0.29) is 11.9 Å². The maximum absolute atomic E-state index is 8.58. The van der Waals surface area contributed by atoms with Crippen LogP contribution in [0.25, 0.3) is 0 Å². The highest BCUT2D eigenvalue weighted by Gasteiger charge is 1.19. The molecule has 4 N–H and O–H groups in total. The van der Waals surface area contributed by atoms with E-state index in [1.807, 2.05) is 0 Å². The molecule has 0 heterocycles. The molecule has 0 spiro atoms. The predicted octanol–water partition coefficient (Wildman–Crippen LogP) is -1.72. The molecule has 0 atom stereocenters. The highest BCUT2D eigenvalue weighted by Crippen LogP contribution is 0.798. The summed E-state index contributed by atoms with van der Waals surface area (Å²) in [4.78, 5) is 8.58. The van der Waals surface area contributed by atoms with E-state index in [1.165, 1.54) is 0 Å². The molecule has 0 aliphatic carbocycles. The van der Waals surface area contributed by atoms with Crippen molar-refractivity contribution in [2.45, 2.75) is 0 Å². The molecule has 0 saturated carbocycles. The topological polar surface area (TPSA) is 74.6 Å². The zero-order valence-electron chi connectivity index (χ0n) is 2.06. The van der Waals surface area contributed by atoms with E-state index >= 15 is 0 Å². The highest BCUT2D eigenvalue weighted by atomic mass is 16.1. The first-order chi connectivity index (χ1) is 1.41. The van der Waals surface area contributed by atoms with E-state index in [0.29, 0.717) is 0 Å². The third-order valence-electron chi connectivity index (χ3n) is 0. The van der Waals surface area contributed by atoms with Crippen molar-refractivity contribution in [3.05, 3.63) is 0 Å². The van der Waals surface area contributed by atoms with E-state index in [4.69, 9.17) is 4.79 Å². The van der Waals surface area contributed by atoms with Crippen LogP contribution < -0.4 is 5.73 Å². The van der Waals surface area contributed by atoms with Crippen LogP contribution in [-0.2, 0) is 4.79 Å². The second kappa shape index (κ2) is 26.9. The predicted molar refractivity (Wildman–Crippen MR) is 13.9 cm³/mol. The number of hydrogen-bond acceptors (Lipinski definition) is 1. The first kappa shape index (κ1) is 9.90. The average Bonchev–Trinajstić information content (AvgIpc) is 0.918. The van der Waals surface area contributed by atoms with Gasteiger partial charge >= 0.3 is 0 Å². The third-order valence-corrected chi connectivity index (χ3v) is 0. The van der Waals surface area contributed by atoms with Crippen LogP contribution in [0.3, 0.4) is 0 Å². The number of amides is 1. The normalized spacial score (nSPS) is 3.00. The molecule has 3 heteroatoms. The Morgan fingerprint density at radius 3 is 1.75 bits per heavy atom. The molecular weight excluding hydrogens is 58.0 g/mol. The van der Waals surface area contributed by atoms with E-state index in [0.717, 1.165) is 0 Å². The first-order valence-corrected chi connectivity index (χ1v) is 0.569. The minimum Gasteiger partial charge on any atom is -0.412 e. The summed E-state index contributed by atoms with van der Waals surface area (Å²) >= 11 is 0. The molecule has 0 rings (SSSR count). The Kier molecular flexibility index (Phi) is 66.5. The first-order valence-electron chi connectivity index (χ1n) is 0.569. The molecule has 0 aromatic rings. The number of nitrogens with two attached hydrogens (primary N) is 1. The molecule has 3 nitrogen and oxygen atoms in total. The maximum atomic E-state index is 8.58. The van der Waals surface area contributed by atoms with Gasteiger partial charge in [0.05, 0.1) is 0 Å². The summed E-state index contributed by atoms with van der Waals surface area (Å²) in [5.41, 5.74) is 4.17. The number of carbonyl (C=O) groups excluding carboxylic acids is 1. The molecule has 0 unspecified atom stereocenters. The van der Waals surface area contributed by atoms with Crippen molar-refractivity contribution in [3.63, 3.8) is 0 Å². The van der Waals surface area contributed by atoms with Crippen LogP contribution in [0.2, 0.25) is 0 Å². The van der Waals surface area contributed by atoms with Gasteiger partial charge in [0, 0.05) is 0 Å². The molecule has 0 saturated heterocycles. The van der Waals surface area contributed by atoms with Crippen LogP contribution in [-0.4, -0.2) is 11.9 Å². The number of hydrogen-bond donors (Lipinski definition) is 1. The third kappa shape index (κ3) is 0.814. The lowest BCUT2D eigenvalue weighted by Gasteiger charge is -1.32. The van der Waals surface area contributed by atoms with E-state index in [2.05, 4.69) is 5.73 Å². The average molecular weight is 63.1 g/mol. The van der Waals surface area contributed by atoms with Crippen molar-refractivity contribution in [1.82, 2.24) is 0 Å². The Bertz CT molecular complexity index is 13.5. The summed E-state index contributed by atoms with van der Waals surface area (Å²) in [5.74, 6) is 0. The maximum Gasteiger partial charge on any atom is 0.204 e. The zero-order chi connectivity index (χ0) is 2.71. The fraction of sp³-hybridized carbons (Fsp3) is 0. The number of primary amides is 1. The minimum atomic E-state index is 0. The second-order valence-electron chi connectivity index (χ2n) is 0.136. The standard InChI is InChI=1S/CH3NO.H2O/c2-1-3;/h1H,(H2,2,3);1H2. The van der Waals surface area contributed by atoms with Gasteiger partial charge in [0.15, 0.2) is 0 Å². The fourth-order valence-corrected chi connectivity index (χ4v) is 0. The van der Waals surface area contributed by atoms with Crippen LogP contribution in [0, 0.1) is 0 Å². The molecule has 0 fully saturated rings. The van der Waals surface area contributed by atoms with E-state index in [9.17, 15) is 0 Å². The van der Waals surface area contributed by atoms with E-state index < -0.39 is 0 Å². The number of carbonyl (C=O) groups is 1. The van der Waals surface area contributed by atoms with Crippen molar-refractivity contribution in [3.8, 4) is 0 Å². The monoisotopic (exact) mass is 63.0 g/mol. The van der Waals surface area contributed by atoms with Gasteiger partial charge in [-0.1, -0.05) is 0 Å². The van der Waals surface area contributed by atoms with Gasteiger partial charge in [0.2, 0.25) is 6.41 Å². The molecule has 0 radical (unpaired) electrons. The summed E-state index contributed by atoms with van der Waals surface area (Å²) in [7, 11) is 0. The fourth-order valence-electron chi connectivity index (χ4n) is 0. The second-order valence-corrected chi connectivity index (χ2v) is 0.136. The van der Waals surface area contributed by atoms with Gasteiger partial charge in [-0.25, -0.2) is 0 Å². The smallest absolute Gasteiger partial charge is 0.204 e. The molecule has 0 aliphatic rings. The van der Waals surface area contributed by atoms with Crippen LogP contribution in [0.4, 0.5) is 0 Å². The quantitative estimate of drug-likeness (QED) is 0.333.